The lowest BCUT2D eigenvalue weighted by Crippen LogP contribution is -2.12. The van der Waals surface area contributed by atoms with Crippen LogP contribution in [0.3, 0.4) is 0 Å². The second-order valence-corrected chi connectivity index (χ2v) is 2.29. The van der Waals surface area contributed by atoms with Crippen LogP contribution in [0.1, 0.15) is 5.82 Å². The van der Waals surface area contributed by atoms with Gasteiger partial charge in [0.2, 0.25) is 0 Å². The normalized spacial score (nSPS) is 9.91. The van der Waals surface area contributed by atoms with Crippen LogP contribution in [0.15, 0.2) is 12.4 Å². The molecule has 0 saturated heterocycles. The molecular formula is C7H12N4. The van der Waals surface area contributed by atoms with E-state index in [0.717, 1.165) is 18.8 Å². The first-order valence-corrected chi connectivity index (χ1v) is 3.54. The minimum absolute atomic E-state index is 0.609. The van der Waals surface area contributed by atoms with Crippen LogP contribution in [0, 0.1) is 0 Å². The number of hydrogen-bond acceptors (Lipinski definition) is 4. The van der Waals surface area contributed by atoms with Crippen LogP contribution in [-0.2, 0) is 6.42 Å². The number of hydrogen-bond donors (Lipinski definition) is 2. The number of nitrogens with zero attached hydrogens (tertiary/aromatic N) is 2. The second-order valence-electron chi connectivity index (χ2n) is 2.29. The average molecular weight is 152 g/mol. The van der Waals surface area contributed by atoms with Gasteiger partial charge in [-0.05, 0) is 7.05 Å². The van der Waals surface area contributed by atoms with Crippen molar-refractivity contribution < 1.29 is 0 Å². The predicted molar refractivity (Wildman–Crippen MR) is 44.1 cm³/mol. The summed E-state index contributed by atoms with van der Waals surface area (Å²) in [7, 11) is 1.90. The van der Waals surface area contributed by atoms with Crippen LogP contribution in [0.4, 0.5) is 5.69 Å². The Hall–Kier alpha value is -1.16. The fourth-order valence-corrected chi connectivity index (χ4v) is 0.731. The molecule has 1 aromatic heterocycles. The lowest BCUT2D eigenvalue weighted by Gasteiger charge is -1.97. The highest BCUT2D eigenvalue weighted by atomic mass is 14.9. The molecule has 1 heterocycles. The van der Waals surface area contributed by atoms with Crippen molar-refractivity contribution in [2.24, 2.45) is 0 Å². The Morgan fingerprint density at radius 2 is 2.09 bits per heavy atom. The van der Waals surface area contributed by atoms with Crippen molar-refractivity contribution in [2.45, 2.75) is 6.42 Å². The molecule has 0 atom stereocenters. The van der Waals surface area contributed by atoms with Gasteiger partial charge in [0.05, 0.1) is 18.1 Å². The molecular weight excluding hydrogens is 140 g/mol. The minimum atomic E-state index is 0.609. The molecule has 0 spiro atoms. The zero-order chi connectivity index (χ0) is 8.10. The maximum Gasteiger partial charge on any atom is 0.129 e. The fourth-order valence-electron chi connectivity index (χ4n) is 0.731. The topological polar surface area (TPSA) is 63.8 Å². The molecule has 0 aliphatic heterocycles. The van der Waals surface area contributed by atoms with Crippen LogP contribution in [0.25, 0.3) is 0 Å². The van der Waals surface area contributed by atoms with Crippen molar-refractivity contribution >= 4 is 5.69 Å². The third-order valence-electron chi connectivity index (χ3n) is 1.32. The molecule has 0 saturated carbocycles. The summed E-state index contributed by atoms with van der Waals surface area (Å²) in [5.41, 5.74) is 6.02. The van der Waals surface area contributed by atoms with E-state index in [4.69, 9.17) is 5.73 Å². The van der Waals surface area contributed by atoms with E-state index in [2.05, 4.69) is 15.3 Å². The van der Waals surface area contributed by atoms with E-state index in [1.54, 1.807) is 12.4 Å². The third-order valence-corrected chi connectivity index (χ3v) is 1.32. The van der Waals surface area contributed by atoms with Gasteiger partial charge in [-0.3, -0.25) is 0 Å². The van der Waals surface area contributed by atoms with E-state index in [1.807, 2.05) is 7.05 Å². The van der Waals surface area contributed by atoms with Crippen molar-refractivity contribution in [1.29, 1.82) is 0 Å². The summed E-state index contributed by atoms with van der Waals surface area (Å²) < 4.78 is 0. The van der Waals surface area contributed by atoms with Gasteiger partial charge in [-0.15, -0.1) is 0 Å². The van der Waals surface area contributed by atoms with Gasteiger partial charge in [0, 0.05) is 13.0 Å². The molecule has 1 rings (SSSR count). The van der Waals surface area contributed by atoms with Crippen molar-refractivity contribution in [3.63, 3.8) is 0 Å². The minimum Gasteiger partial charge on any atom is -0.396 e. The van der Waals surface area contributed by atoms with Gasteiger partial charge in [-0.2, -0.15) is 0 Å². The van der Waals surface area contributed by atoms with Crippen LogP contribution >= 0.6 is 0 Å². The van der Waals surface area contributed by atoms with Gasteiger partial charge in [-0.1, -0.05) is 0 Å². The van der Waals surface area contributed by atoms with Crippen LogP contribution in [-0.4, -0.2) is 23.6 Å². The highest BCUT2D eigenvalue weighted by Crippen LogP contribution is 1.95. The first kappa shape index (κ1) is 7.94. The number of likely N-dealkylation sites (N-methyl/N-ethyl adjacent to an activating group) is 1. The van der Waals surface area contributed by atoms with Crippen molar-refractivity contribution in [1.82, 2.24) is 15.3 Å². The lowest BCUT2D eigenvalue weighted by atomic mass is 10.4. The maximum absolute atomic E-state index is 5.41. The first-order valence-electron chi connectivity index (χ1n) is 3.54. The number of nitrogens with one attached hydrogen (secondary N) is 1. The molecule has 0 amide bonds. The Labute approximate surface area is 65.9 Å². The number of anilines is 1. The summed E-state index contributed by atoms with van der Waals surface area (Å²) >= 11 is 0. The lowest BCUT2D eigenvalue weighted by molar-refractivity contribution is 0.755. The van der Waals surface area contributed by atoms with Crippen LogP contribution < -0.4 is 11.1 Å². The number of nitrogen functional groups attached to an aromatic ring is 1. The summed E-state index contributed by atoms with van der Waals surface area (Å²) in [6.45, 7) is 0.893. The van der Waals surface area contributed by atoms with E-state index in [0.29, 0.717) is 5.69 Å². The standard InChI is InChI=1S/C7H12N4/c1-9-3-2-7-10-4-6(8)5-11-7/h4-5,9H,2-3,8H2,1H3. The molecule has 0 aromatic carbocycles. The van der Waals surface area contributed by atoms with E-state index >= 15 is 0 Å². The summed E-state index contributed by atoms with van der Waals surface area (Å²) in [6.07, 6.45) is 4.09. The smallest absolute Gasteiger partial charge is 0.129 e. The molecule has 0 fully saturated rings. The number of rotatable bonds is 3. The Kier molecular flexibility index (Phi) is 2.80. The SMILES string of the molecule is CNCCc1ncc(N)cn1. The summed E-state index contributed by atoms with van der Waals surface area (Å²) in [4.78, 5) is 8.08. The van der Waals surface area contributed by atoms with E-state index < -0.39 is 0 Å². The fraction of sp³-hybridized carbons (Fsp3) is 0.429. The molecule has 60 valence electrons. The van der Waals surface area contributed by atoms with E-state index in [-0.39, 0.29) is 0 Å². The van der Waals surface area contributed by atoms with E-state index in [1.165, 1.54) is 0 Å². The van der Waals surface area contributed by atoms with Gasteiger partial charge in [0.25, 0.3) is 0 Å². The summed E-state index contributed by atoms with van der Waals surface area (Å²) in [6, 6.07) is 0. The van der Waals surface area contributed by atoms with Crippen LogP contribution in [0.5, 0.6) is 0 Å². The first-order chi connectivity index (χ1) is 5.33. The highest BCUT2D eigenvalue weighted by Gasteiger charge is 1.93. The Bertz CT molecular complexity index is 206. The quantitative estimate of drug-likeness (QED) is 0.630. The maximum atomic E-state index is 5.41. The van der Waals surface area contributed by atoms with Gasteiger partial charge in [-0.25, -0.2) is 9.97 Å². The molecule has 1 aromatic rings. The van der Waals surface area contributed by atoms with Gasteiger partial charge in [0.15, 0.2) is 0 Å². The van der Waals surface area contributed by atoms with Crippen LogP contribution in [0.2, 0.25) is 0 Å². The zero-order valence-corrected chi connectivity index (χ0v) is 6.54. The van der Waals surface area contributed by atoms with Crippen molar-refractivity contribution in [3.05, 3.63) is 18.2 Å². The molecule has 4 nitrogen and oxygen atoms in total. The molecule has 0 unspecified atom stereocenters. The Morgan fingerprint density at radius 1 is 1.45 bits per heavy atom. The molecule has 4 heteroatoms. The zero-order valence-electron chi connectivity index (χ0n) is 6.54. The highest BCUT2D eigenvalue weighted by molar-refractivity contribution is 5.30. The molecule has 0 aliphatic carbocycles. The number of nitrogens with two attached hydrogens (primary N) is 1. The van der Waals surface area contributed by atoms with E-state index in [9.17, 15) is 0 Å². The Morgan fingerprint density at radius 3 is 2.64 bits per heavy atom. The molecule has 0 aliphatic rings. The van der Waals surface area contributed by atoms with Crippen molar-refractivity contribution in [3.8, 4) is 0 Å². The van der Waals surface area contributed by atoms with Gasteiger partial charge >= 0.3 is 0 Å². The third kappa shape index (κ3) is 2.51. The number of aromatic nitrogens is 2. The monoisotopic (exact) mass is 152 g/mol. The largest absolute Gasteiger partial charge is 0.396 e. The van der Waals surface area contributed by atoms with Gasteiger partial charge < -0.3 is 11.1 Å². The van der Waals surface area contributed by atoms with Gasteiger partial charge in [0.1, 0.15) is 5.82 Å². The molecule has 0 radical (unpaired) electrons. The summed E-state index contributed by atoms with van der Waals surface area (Å²) in [5.74, 6) is 0.827. The Balaban J connectivity index is 2.52. The molecule has 3 N–H and O–H groups in total. The second kappa shape index (κ2) is 3.88. The summed E-state index contributed by atoms with van der Waals surface area (Å²) in [5, 5.41) is 3.02. The average Bonchev–Trinajstić information content (AvgIpc) is 2.04. The van der Waals surface area contributed by atoms with Crippen molar-refractivity contribution in [2.75, 3.05) is 19.3 Å². The molecule has 0 bridgehead atoms. The molecule has 11 heavy (non-hydrogen) atoms. The predicted octanol–water partition coefficient (Wildman–Crippen LogP) is -0.179.